The number of anilines is 1. The van der Waals surface area contributed by atoms with Crippen molar-refractivity contribution in [3.05, 3.63) is 53.6 Å². The number of nitrogens with zero attached hydrogens (tertiary/aromatic N) is 2. The summed E-state index contributed by atoms with van der Waals surface area (Å²) in [4.78, 5) is 20.8. The van der Waals surface area contributed by atoms with Gasteiger partial charge in [-0.2, -0.15) is 0 Å². The first-order valence-electron chi connectivity index (χ1n) is 10.8. The average molecular weight is 477 g/mol. The highest BCUT2D eigenvalue weighted by atomic mass is 32.2. The van der Waals surface area contributed by atoms with Crippen molar-refractivity contribution in [2.45, 2.75) is 44.4 Å². The van der Waals surface area contributed by atoms with E-state index in [1.807, 2.05) is 0 Å². The Morgan fingerprint density at radius 1 is 1.33 bits per heavy atom. The number of nitrogens with one attached hydrogen (secondary N) is 1. The highest BCUT2D eigenvalue weighted by Crippen LogP contribution is 2.35. The lowest BCUT2D eigenvalue weighted by atomic mass is 10.1. The zero-order valence-corrected chi connectivity index (χ0v) is 19.7. The van der Waals surface area contributed by atoms with Crippen molar-refractivity contribution < 1.29 is 22.3 Å². The Labute approximate surface area is 193 Å². The molecule has 0 radical (unpaired) electrons. The summed E-state index contributed by atoms with van der Waals surface area (Å²) in [5.41, 5.74) is 6.84. The highest BCUT2D eigenvalue weighted by molar-refractivity contribution is 7.92. The number of benzene rings is 1. The summed E-state index contributed by atoms with van der Waals surface area (Å²) in [6.45, 7) is 3.21. The number of aliphatic imine (C=N–C) groups is 1. The van der Waals surface area contributed by atoms with Crippen LogP contribution in [0.4, 0.5) is 10.1 Å². The van der Waals surface area contributed by atoms with Gasteiger partial charge in [-0.05, 0) is 49.6 Å². The Morgan fingerprint density at radius 3 is 2.64 bits per heavy atom. The van der Waals surface area contributed by atoms with Crippen LogP contribution in [0, 0.1) is 11.7 Å². The van der Waals surface area contributed by atoms with Crippen LogP contribution in [0.2, 0.25) is 0 Å². The van der Waals surface area contributed by atoms with E-state index in [1.165, 1.54) is 37.6 Å². The number of pyridine rings is 1. The van der Waals surface area contributed by atoms with Crippen molar-refractivity contribution >= 4 is 27.3 Å². The molecule has 0 aliphatic heterocycles. The largest absolute Gasteiger partial charge is 0.495 e. The number of amidine groups is 1. The summed E-state index contributed by atoms with van der Waals surface area (Å²) in [5, 5.41) is 1.81. The second kappa shape index (κ2) is 10.3. The number of rotatable bonds is 10. The molecule has 1 aromatic heterocycles. The van der Waals surface area contributed by atoms with E-state index in [1.54, 1.807) is 19.9 Å². The molecule has 2 atom stereocenters. The van der Waals surface area contributed by atoms with E-state index in [0.717, 1.165) is 12.8 Å². The summed E-state index contributed by atoms with van der Waals surface area (Å²) in [5.74, 6) is -0.189. The number of aromatic nitrogens is 1. The molecular formula is C23H29FN4O4S. The molecule has 178 valence electrons. The van der Waals surface area contributed by atoms with E-state index in [4.69, 9.17) is 10.5 Å². The Bertz CT molecular complexity index is 1130. The third kappa shape index (κ3) is 6.28. The van der Waals surface area contributed by atoms with E-state index < -0.39 is 32.9 Å². The number of amides is 1. The van der Waals surface area contributed by atoms with Gasteiger partial charge in [-0.25, -0.2) is 17.8 Å². The molecule has 0 saturated heterocycles. The molecule has 1 heterocycles. The topological polar surface area (TPSA) is 124 Å². The minimum absolute atomic E-state index is 0.00692. The lowest BCUT2D eigenvalue weighted by Gasteiger charge is -2.18. The summed E-state index contributed by atoms with van der Waals surface area (Å²) in [6, 6.07) is 6.49. The van der Waals surface area contributed by atoms with Gasteiger partial charge in [0.15, 0.2) is 9.84 Å². The molecule has 0 spiro atoms. The molecule has 8 nitrogen and oxygen atoms in total. The molecule has 1 aromatic carbocycles. The molecule has 1 amide bonds. The van der Waals surface area contributed by atoms with Crippen LogP contribution in [-0.2, 0) is 9.84 Å². The minimum Gasteiger partial charge on any atom is -0.495 e. The number of sulfone groups is 1. The molecule has 2 aromatic rings. The van der Waals surface area contributed by atoms with Gasteiger partial charge in [-0.3, -0.25) is 9.79 Å². The smallest absolute Gasteiger partial charge is 0.274 e. The van der Waals surface area contributed by atoms with Crippen LogP contribution in [0.3, 0.4) is 0 Å². The Balaban J connectivity index is 1.80. The second-order valence-corrected chi connectivity index (χ2v) is 10.6. The first kappa shape index (κ1) is 24.6. The van der Waals surface area contributed by atoms with E-state index in [2.05, 4.69) is 15.3 Å². The van der Waals surface area contributed by atoms with Crippen LogP contribution in [-0.4, -0.2) is 43.3 Å². The molecule has 3 rings (SSSR count). The maximum absolute atomic E-state index is 14.6. The van der Waals surface area contributed by atoms with Gasteiger partial charge in [0, 0.05) is 17.0 Å². The summed E-state index contributed by atoms with van der Waals surface area (Å²) in [6.07, 6.45) is 3.83. The quantitative estimate of drug-likeness (QED) is 0.400. The van der Waals surface area contributed by atoms with Crippen molar-refractivity contribution in [2.75, 3.05) is 18.2 Å². The first-order chi connectivity index (χ1) is 15.6. The van der Waals surface area contributed by atoms with Crippen LogP contribution >= 0.6 is 0 Å². The van der Waals surface area contributed by atoms with Gasteiger partial charge < -0.3 is 15.8 Å². The Hall–Kier alpha value is -3.01. The number of hydrogen-bond donors (Lipinski definition) is 2. The van der Waals surface area contributed by atoms with Gasteiger partial charge in [0.1, 0.15) is 28.3 Å². The van der Waals surface area contributed by atoms with E-state index in [-0.39, 0.29) is 22.8 Å². The Morgan fingerprint density at radius 2 is 2.06 bits per heavy atom. The number of hydrogen-bond acceptors (Lipinski definition) is 6. The van der Waals surface area contributed by atoms with Crippen molar-refractivity contribution in [1.29, 1.82) is 0 Å². The SMILES string of the molecule is CCS(=O)(=O)C(CC1CC1)C(N)=NC(C)c1cc(NC(=O)c2ccc(OC)cn2)ccc1F. The van der Waals surface area contributed by atoms with E-state index in [0.29, 0.717) is 23.8 Å². The third-order valence-corrected chi connectivity index (χ3v) is 7.77. The number of ether oxygens (including phenoxy) is 1. The predicted octanol–water partition coefficient (Wildman–Crippen LogP) is 3.50. The molecule has 33 heavy (non-hydrogen) atoms. The number of carbonyl (C=O) groups excluding carboxylic acids is 1. The lowest BCUT2D eigenvalue weighted by molar-refractivity contribution is 0.102. The van der Waals surface area contributed by atoms with E-state index >= 15 is 0 Å². The fraction of sp³-hybridized carbons (Fsp3) is 0.435. The van der Waals surface area contributed by atoms with E-state index in [9.17, 15) is 17.6 Å². The third-order valence-electron chi connectivity index (χ3n) is 5.66. The molecular weight excluding hydrogens is 447 g/mol. The van der Waals surface area contributed by atoms with Gasteiger partial charge in [0.25, 0.3) is 5.91 Å². The van der Waals surface area contributed by atoms with Crippen molar-refractivity contribution in [3.8, 4) is 5.75 Å². The zero-order valence-electron chi connectivity index (χ0n) is 18.9. The summed E-state index contributed by atoms with van der Waals surface area (Å²) < 4.78 is 44.7. The predicted molar refractivity (Wildman–Crippen MR) is 126 cm³/mol. The Kier molecular flexibility index (Phi) is 7.68. The monoisotopic (exact) mass is 476 g/mol. The maximum atomic E-state index is 14.6. The number of methoxy groups -OCH3 is 1. The molecule has 10 heteroatoms. The van der Waals surface area contributed by atoms with Crippen LogP contribution in [0.1, 0.15) is 55.2 Å². The first-order valence-corrected chi connectivity index (χ1v) is 12.5. The van der Waals surface area contributed by atoms with Crippen molar-refractivity contribution in [2.24, 2.45) is 16.6 Å². The molecule has 1 aliphatic carbocycles. The molecule has 3 N–H and O–H groups in total. The summed E-state index contributed by atoms with van der Waals surface area (Å²) in [7, 11) is -1.94. The standard InChI is InChI=1S/C23H29FN4O4S/c1-4-33(30,31)21(11-15-5-6-15)22(25)27-14(2)18-12-16(7-9-19(18)24)28-23(29)20-10-8-17(32-3)13-26-20/h7-10,12-15,21H,4-6,11H2,1-3H3,(H2,25,27)(H,28,29). The molecule has 1 fully saturated rings. The van der Waals surface area contributed by atoms with Gasteiger partial charge in [-0.1, -0.05) is 19.8 Å². The van der Waals surface area contributed by atoms with Crippen LogP contribution < -0.4 is 15.8 Å². The molecule has 0 bridgehead atoms. The van der Waals surface area contributed by atoms with Crippen LogP contribution in [0.15, 0.2) is 41.5 Å². The van der Waals surface area contributed by atoms with Crippen LogP contribution in [0.5, 0.6) is 5.75 Å². The van der Waals surface area contributed by atoms with Crippen molar-refractivity contribution in [1.82, 2.24) is 4.98 Å². The second-order valence-electron chi connectivity index (χ2n) is 8.12. The van der Waals surface area contributed by atoms with Gasteiger partial charge >= 0.3 is 0 Å². The minimum atomic E-state index is -3.43. The molecule has 1 saturated carbocycles. The van der Waals surface area contributed by atoms with Gasteiger partial charge in [0.05, 0.1) is 19.3 Å². The molecule has 2 unspecified atom stereocenters. The fourth-order valence-electron chi connectivity index (χ4n) is 3.46. The van der Waals surface area contributed by atoms with Crippen molar-refractivity contribution in [3.63, 3.8) is 0 Å². The lowest BCUT2D eigenvalue weighted by Crippen LogP contribution is -2.38. The number of nitrogens with two attached hydrogens (primary N) is 1. The zero-order chi connectivity index (χ0) is 24.2. The maximum Gasteiger partial charge on any atom is 0.274 e. The number of halogens is 1. The normalized spacial score (nSPS) is 16.2. The van der Waals surface area contributed by atoms with Gasteiger partial charge in [0.2, 0.25) is 0 Å². The fourth-order valence-corrected chi connectivity index (χ4v) is 4.85. The highest BCUT2D eigenvalue weighted by Gasteiger charge is 2.34. The number of carbonyl (C=O) groups is 1. The summed E-state index contributed by atoms with van der Waals surface area (Å²) >= 11 is 0. The molecule has 1 aliphatic rings. The average Bonchev–Trinajstić information content (AvgIpc) is 3.62. The van der Waals surface area contributed by atoms with Crippen LogP contribution in [0.25, 0.3) is 0 Å². The van der Waals surface area contributed by atoms with Gasteiger partial charge in [-0.15, -0.1) is 0 Å².